The Morgan fingerprint density at radius 1 is 1.11 bits per heavy atom. The molecule has 2 aliphatic heterocycles. The maximum absolute atomic E-state index is 14.4. The van der Waals surface area contributed by atoms with E-state index in [2.05, 4.69) is 40.2 Å². The normalized spacial score (nSPS) is 18.4. The van der Waals surface area contributed by atoms with Crippen molar-refractivity contribution < 1.29 is 18.6 Å². The molecule has 36 heavy (non-hydrogen) atoms. The van der Waals surface area contributed by atoms with Crippen LogP contribution in [0.1, 0.15) is 26.2 Å². The van der Waals surface area contributed by atoms with Crippen molar-refractivity contribution in [3.63, 3.8) is 0 Å². The molecule has 2 aromatic rings. The predicted octanol–water partition coefficient (Wildman–Crippen LogP) is 5.50. The fraction of sp³-hybridized carbons (Fsp3) is 0.414. The Labute approximate surface area is 213 Å². The Morgan fingerprint density at radius 2 is 1.86 bits per heavy atom. The quantitative estimate of drug-likeness (QED) is 0.437. The fourth-order valence-electron chi connectivity index (χ4n) is 4.77. The van der Waals surface area contributed by atoms with Gasteiger partial charge < -0.3 is 24.0 Å². The lowest BCUT2D eigenvalue weighted by Crippen LogP contribution is -2.38. The van der Waals surface area contributed by atoms with Gasteiger partial charge in [0.15, 0.2) is 0 Å². The van der Waals surface area contributed by atoms with Crippen LogP contribution in [0.4, 0.5) is 15.8 Å². The molecule has 2 aromatic carbocycles. The lowest BCUT2D eigenvalue weighted by Gasteiger charge is -2.34. The number of halogens is 1. The smallest absolute Gasteiger partial charge is 0.146 e. The molecular formula is C29H34FN3O3. The first kappa shape index (κ1) is 25.6. The highest BCUT2D eigenvalue weighted by atomic mass is 19.1. The van der Waals surface area contributed by atoms with Crippen LogP contribution in [0.25, 0.3) is 0 Å². The van der Waals surface area contributed by atoms with E-state index in [4.69, 9.17) is 14.2 Å². The zero-order valence-electron chi connectivity index (χ0n) is 21.0. The number of benzene rings is 2. The van der Waals surface area contributed by atoms with Gasteiger partial charge in [0.25, 0.3) is 0 Å². The molecule has 2 aliphatic rings. The van der Waals surface area contributed by atoms with Crippen molar-refractivity contribution in [3.05, 3.63) is 72.1 Å². The van der Waals surface area contributed by atoms with Crippen LogP contribution >= 0.6 is 0 Å². The van der Waals surface area contributed by atoms with Crippen molar-refractivity contribution in [2.45, 2.75) is 38.3 Å². The molecular weight excluding hydrogens is 457 g/mol. The van der Waals surface area contributed by atoms with E-state index in [0.717, 1.165) is 43.9 Å². The summed E-state index contributed by atoms with van der Waals surface area (Å²) in [5.74, 6) is 1.29. The first-order chi connectivity index (χ1) is 17.6. The van der Waals surface area contributed by atoms with Gasteiger partial charge in [-0.25, -0.2) is 4.39 Å². The van der Waals surface area contributed by atoms with Crippen molar-refractivity contribution in [1.29, 1.82) is 5.26 Å². The number of ether oxygens (including phenoxy) is 3. The molecule has 0 spiro atoms. The third-order valence-corrected chi connectivity index (χ3v) is 6.54. The number of hydrogen-bond donors (Lipinski definition) is 0. The predicted molar refractivity (Wildman–Crippen MR) is 140 cm³/mol. The van der Waals surface area contributed by atoms with Gasteiger partial charge in [-0.2, -0.15) is 5.26 Å². The summed E-state index contributed by atoms with van der Waals surface area (Å²) in [6.07, 6.45) is 8.37. The van der Waals surface area contributed by atoms with E-state index in [0.29, 0.717) is 31.1 Å². The largest absolute Gasteiger partial charge is 0.494 e. The van der Waals surface area contributed by atoms with Crippen LogP contribution in [0.3, 0.4) is 0 Å². The van der Waals surface area contributed by atoms with Gasteiger partial charge in [0.05, 0.1) is 37.4 Å². The topological polar surface area (TPSA) is 58.0 Å². The third kappa shape index (κ3) is 6.38. The van der Waals surface area contributed by atoms with Crippen LogP contribution in [0, 0.1) is 17.1 Å². The number of rotatable bonds is 10. The molecule has 1 atom stereocenters. The Balaban J connectivity index is 1.33. The average molecular weight is 492 g/mol. The minimum atomic E-state index is -0.225. The second kappa shape index (κ2) is 12.5. The standard InChI is InChI=1S/C29H34FN3O3/c1-3-35-27-10-11-28(30)29(20-27)32-16-13-26(14-17-32)36-25-8-6-23(7-9-25)33-21-22(5-4-18-34-2)19-24(33)12-15-31/h4-11,19-20,24,26H,3,12-14,16-18,21H2,1-2H3/b5-4+/t24-/m0/s1. The number of nitrogens with zero attached hydrogens (tertiary/aromatic N) is 3. The molecule has 1 saturated heterocycles. The van der Waals surface area contributed by atoms with E-state index in [1.165, 1.54) is 11.6 Å². The Hall–Kier alpha value is -3.50. The van der Waals surface area contributed by atoms with Crippen LogP contribution < -0.4 is 19.3 Å². The number of piperidine rings is 1. The molecule has 6 nitrogen and oxygen atoms in total. The molecule has 0 unspecified atom stereocenters. The summed E-state index contributed by atoms with van der Waals surface area (Å²) in [5, 5.41) is 9.27. The zero-order valence-corrected chi connectivity index (χ0v) is 21.0. The Morgan fingerprint density at radius 3 is 2.56 bits per heavy atom. The van der Waals surface area contributed by atoms with Crippen molar-refractivity contribution in [3.8, 4) is 17.6 Å². The minimum absolute atomic E-state index is 0.0508. The molecule has 4 rings (SSSR count). The molecule has 0 aliphatic carbocycles. The molecule has 0 N–H and O–H groups in total. The SMILES string of the molecule is CCOc1ccc(F)c(N2CCC(Oc3ccc(N4CC(/C=C/COC)=C[C@@H]4CC#N)cc3)CC2)c1. The average Bonchev–Trinajstić information content (AvgIpc) is 3.29. The van der Waals surface area contributed by atoms with Crippen molar-refractivity contribution in [2.24, 2.45) is 0 Å². The lowest BCUT2D eigenvalue weighted by atomic mass is 10.1. The summed E-state index contributed by atoms with van der Waals surface area (Å²) >= 11 is 0. The van der Waals surface area contributed by atoms with Gasteiger partial charge in [-0.1, -0.05) is 18.2 Å². The molecule has 1 fully saturated rings. The van der Waals surface area contributed by atoms with Crippen LogP contribution in [-0.4, -0.2) is 52.1 Å². The Kier molecular flexibility index (Phi) is 8.85. The molecule has 0 amide bonds. The second-order valence-corrected chi connectivity index (χ2v) is 9.00. The lowest BCUT2D eigenvalue weighted by molar-refractivity contribution is 0.170. The summed E-state index contributed by atoms with van der Waals surface area (Å²) in [6.45, 7) is 5.25. The van der Waals surface area contributed by atoms with Crippen molar-refractivity contribution in [2.75, 3.05) is 49.8 Å². The van der Waals surface area contributed by atoms with Gasteiger partial charge in [-0.05, 0) is 48.9 Å². The minimum Gasteiger partial charge on any atom is -0.494 e. The van der Waals surface area contributed by atoms with Gasteiger partial charge in [-0.15, -0.1) is 0 Å². The van der Waals surface area contributed by atoms with E-state index >= 15 is 0 Å². The van der Waals surface area contributed by atoms with E-state index in [1.807, 2.05) is 25.1 Å². The van der Waals surface area contributed by atoms with E-state index in [-0.39, 0.29) is 18.0 Å². The maximum atomic E-state index is 14.4. The second-order valence-electron chi connectivity index (χ2n) is 9.00. The van der Waals surface area contributed by atoms with E-state index in [1.54, 1.807) is 19.2 Å². The molecule has 2 heterocycles. The van der Waals surface area contributed by atoms with Gasteiger partial charge in [0, 0.05) is 51.3 Å². The molecule has 190 valence electrons. The fourth-order valence-corrected chi connectivity index (χ4v) is 4.77. The summed E-state index contributed by atoms with van der Waals surface area (Å²) in [7, 11) is 1.67. The number of methoxy groups -OCH3 is 1. The summed E-state index contributed by atoms with van der Waals surface area (Å²) in [6, 6.07) is 15.4. The molecule has 0 saturated carbocycles. The summed E-state index contributed by atoms with van der Waals surface area (Å²) in [4.78, 5) is 4.30. The number of hydrogen-bond acceptors (Lipinski definition) is 6. The third-order valence-electron chi connectivity index (χ3n) is 6.54. The summed E-state index contributed by atoms with van der Waals surface area (Å²) in [5.41, 5.74) is 2.84. The molecule has 0 aromatic heterocycles. The van der Waals surface area contributed by atoms with Gasteiger partial charge in [-0.3, -0.25) is 0 Å². The molecule has 7 heteroatoms. The van der Waals surface area contributed by atoms with Crippen LogP contribution in [0.5, 0.6) is 11.5 Å². The Bertz CT molecular complexity index is 1100. The van der Waals surface area contributed by atoms with Crippen LogP contribution in [-0.2, 0) is 4.74 Å². The number of anilines is 2. The van der Waals surface area contributed by atoms with Crippen LogP contribution in [0.2, 0.25) is 0 Å². The van der Waals surface area contributed by atoms with Gasteiger partial charge in [0.1, 0.15) is 23.4 Å². The molecule has 0 bridgehead atoms. The van der Waals surface area contributed by atoms with Gasteiger partial charge >= 0.3 is 0 Å². The van der Waals surface area contributed by atoms with Crippen LogP contribution in [0.15, 0.2) is 66.3 Å². The zero-order chi connectivity index (χ0) is 25.3. The van der Waals surface area contributed by atoms with Gasteiger partial charge in [0.2, 0.25) is 0 Å². The first-order valence-electron chi connectivity index (χ1n) is 12.5. The highest BCUT2D eigenvalue weighted by molar-refractivity contribution is 5.56. The van der Waals surface area contributed by atoms with E-state index in [9.17, 15) is 9.65 Å². The monoisotopic (exact) mass is 491 g/mol. The van der Waals surface area contributed by atoms with Crippen molar-refractivity contribution in [1.82, 2.24) is 0 Å². The summed E-state index contributed by atoms with van der Waals surface area (Å²) < 4.78 is 31.3. The number of nitriles is 1. The highest BCUT2D eigenvalue weighted by Gasteiger charge is 2.25. The first-order valence-corrected chi connectivity index (χ1v) is 12.5. The maximum Gasteiger partial charge on any atom is 0.146 e. The van der Waals surface area contributed by atoms with E-state index < -0.39 is 0 Å². The van der Waals surface area contributed by atoms with Crippen molar-refractivity contribution >= 4 is 11.4 Å². The highest BCUT2D eigenvalue weighted by Crippen LogP contribution is 2.31. The molecule has 0 radical (unpaired) electrons.